The molecular weight excluding hydrogens is 572 g/mol. The van der Waals surface area contributed by atoms with Gasteiger partial charge in [-0.3, -0.25) is 23.5 Å². The second-order valence-electron chi connectivity index (χ2n) is 11.1. The molecule has 3 aromatic rings. The number of nitrogens with zero attached hydrogens (tertiary/aromatic N) is 4. The van der Waals surface area contributed by atoms with Gasteiger partial charge in [0.05, 0.1) is 36.8 Å². The minimum Gasteiger partial charge on any atom is -0.495 e. The molecule has 1 aromatic heterocycles. The Morgan fingerprint density at radius 3 is 2.40 bits per heavy atom. The van der Waals surface area contributed by atoms with E-state index in [2.05, 4.69) is 6.07 Å². The van der Waals surface area contributed by atoms with Crippen LogP contribution in [0.5, 0.6) is 5.75 Å². The van der Waals surface area contributed by atoms with Crippen molar-refractivity contribution in [3.63, 3.8) is 0 Å². The zero-order chi connectivity index (χ0) is 30.7. The number of ether oxygens (including phenoxy) is 2. The molecule has 0 aliphatic carbocycles. The molecule has 1 saturated heterocycles. The molecule has 11 heteroatoms. The molecule has 1 fully saturated rings. The van der Waals surface area contributed by atoms with Crippen LogP contribution in [0.3, 0.4) is 0 Å². The van der Waals surface area contributed by atoms with Crippen molar-refractivity contribution in [2.45, 2.75) is 51.2 Å². The van der Waals surface area contributed by atoms with Crippen LogP contribution in [0.2, 0.25) is 5.02 Å². The summed E-state index contributed by atoms with van der Waals surface area (Å²) in [4.78, 5) is 57.4. The zero-order valence-corrected chi connectivity index (χ0v) is 25.5. The van der Waals surface area contributed by atoms with Gasteiger partial charge < -0.3 is 19.3 Å². The molecule has 2 aliphatic rings. The van der Waals surface area contributed by atoms with E-state index in [1.54, 1.807) is 30.0 Å². The van der Waals surface area contributed by atoms with Gasteiger partial charge in [0.1, 0.15) is 12.3 Å². The largest absolute Gasteiger partial charge is 0.495 e. The SMILES string of the molecule is COC[C@H](C)n1c(=O)c(-c2cccc(OC)c2Cl)cn(CC(=O)N2CCC(N3CCc4ccccc4CC3=O)CC2)c1=O. The lowest BCUT2D eigenvalue weighted by Crippen LogP contribution is -2.50. The molecule has 0 saturated carbocycles. The molecule has 5 rings (SSSR count). The highest BCUT2D eigenvalue weighted by Gasteiger charge is 2.31. The molecule has 0 spiro atoms. The standard InChI is InChI=1S/C32H37ClN4O6/c1-21(20-42-2)37-31(40)26(25-9-6-10-27(43-3)30(25)33)18-35(32(37)41)19-29(39)34-14-12-24(13-15-34)36-16-11-22-7-4-5-8-23(22)17-28(36)38/h4-10,18,21,24H,11-17,19-20H2,1-3H3/t21-/m0/s1. The normalized spacial score (nSPS) is 16.5. The number of fused-ring (bicyclic) bond motifs is 1. The van der Waals surface area contributed by atoms with E-state index in [-0.39, 0.29) is 41.6 Å². The fourth-order valence-electron chi connectivity index (χ4n) is 6.16. The van der Waals surface area contributed by atoms with E-state index < -0.39 is 17.3 Å². The highest BCUT2D eigenvalue weighted by molar-refractivity contribution is 6.34. The van der Waals surface area contributed by atoms with Crippen molar-refractivity contribution in [1.82, 2.24) is 18.9 Å². The second-order valence-corrected chi connectivity index (χ2v) is 11.5. The minimum atomic E-state index is -0.602. The van der Waals surface area contributed by atoms with Crippen molar-refractivity contribution >= 4 is 23.4 Å². The highest BCUT2D eigenvalue weighted by atomic mass is 35.5. The van der Waals surface area contributed by atoms with Crippen LogP contribution < -0.4 is 16.0 Å². The molecule has 1 atom stereocenters. The van der Waals surface area contributed by atoms with E-state index in [0.29, 0.717) is 50.2 Å². The number of halogens is 1. The Hall–Kier alpha value is -3.89. The van der Waals surface area contributed by atoms with Gasteiger partial charge in [0.15, 0.2) is 0 Å². The van der Waals surface area contributed by atoms with Gasteiger partial charge in [-0.25, -0.2) is 4.79 Å². The fourth-order valence-corrected chi connectivity index (χ4v) is 6.47. The number of aromatic nitrogens is 2. The quantitative estimate of drug-likeness (QED) is 0.389. The number of methoxy groups -OCH3 is 2. The Morgan fingerprint density at radius 1 is 0.977 bits per heavy atom. The van der Waals surface area contributed by atoms with Gasteiger partial charge in [0.2, 0.25) is 11.8 Å². The van der Waals surface area contributed by atoms with Crippen LogP contribution in [0, 0.1) is 0 Å². The lowest BCUT2D eigenvalue weighted by Gasteiger charge is -2.38. The van der Waals surface area contributed by atoms with Crippen molar-refractivity contribution in [2.75, 3.05) is 40.5 Å². The number of hydrogen-bond acceptors (Lipinski definition) is 6. The molecule has 2 aliphatic heterocycles. The second kappa shape index (κ2) is 13.2. The van der Waals surface area contributed by atoms with E-state index in [1.807, 2.05) is 23.1 Å². The van der Waals surface area contributed by atoms with Crippen molar-refractivity contribution in [1.29, 1.82) is 0 Å². The molecule has 2 amide bonds. The Bertz CT molecular complexity index is 1620. The maximum absolute atomic E-state index is 13.6. The first-order valence-electron chi connectivity index (χ1n) is 14.5. The van der Waals surface area contributed by atoms with E-state index in [0.717, 1.165) is 16.6 Å². The molecule has 0 N–H and O–H groups in total. The van der Waals surface area contributed by atoms with Gasteiger partial charge in [-0.15, -0.1) is 0 Å². The maximum atomic E-state index is 13.6. The molecule has 10 nitrogen and oxygen atoms in total. The number of carbonyl (C=O) groups is 2. The number of carbonyl (C=O) groups excluding carboxylic acids is 2. The summed E-state index contributed by atoms with van der Waals surface area (Å²) in [7, 11) is 2.97. The first-order chi connectivity index (χ1) is 20.7. The molecule has 0 radical (unpaired) electrons. The smallest absolute Gasteiger partial charge is 0.331 e. The summed E-state index contributed by atoms with van der Waals surface area (Å²) < 4.78 is 12.9. The molecule has 43 heavy (non-hydrogen) atoms. The third-order valence-electron chi connectivity index (χ3n) is 8.47. The Balaban J connectivity index is 1.35. The van der Waals surface area contributed by atoms with Crippen molar-refractivity contribution in [3.05, 3.63) is 85.6 Å². The average molecular weight is 609 g/mol. The third kappa shape index (κ3) is 6.26. The molecule has 0 unspecified atom stereocenters. The summed E-state index contributed by atoms with van der Waals surface area (Å²) in [6, 6.07) is 12.6. The first-order valence-corrected chi connectivity index (χ1v) is 14.9. The van der Waals surface area contributed by atoms with Crippen LogP contribution in [0.4, 0.5) is 0 Å². The number of likely N-dealkylation sites (tertiary alicyclic amines) is 1. The lowest BCUT2D eigenvalue weighted by atomic mass is 10.0. The number of amides is 2. The van der Waals surface area contributed by atoms with Gasteiger partial charge in [0.25, 0.3) is 5.56 Å². The molecule has 228 valence electrons. The van der Waals surface area contributed by atoms with Crippen molar-refractivity contribution in [3.8, 4) is 16.9 Å². The predicted octanol–water partition coefficient (Wildman–Crippen LogP) is 3.16. The van der Waals surface area contributed by atoms with Gasteiger partial charge in [-0.1, -0.05) is 48.0 Å². The molecule has 0 bridgehead atoms. The average Bonchev–Trinajstić information content (AvgIpc) is 3.17. The summed E-state index contributed by atoms with van der Waals surface area (Å²) in [5.74, 6) is 0.276. The van der Waals surface area contributed by atoms with E-state index in [4.69, 9.17) is 21.1 Å². The molecule has 3 heterocycles. The van der Waals surface area contributed by atoms with Crippen molar-refractivity contribution in [2.24, 2.45) is 0 Å². The zero-order valence-electron chi connectivity index (χ0n) is 24.8. The van der Waals surface area contributed by atoms with Crippen molar-refractivity contribution < 1.29 is 19.1 Å². The Morgan fingerprint density at radius 2 is 1.70 bits per heavy atom. The summed E-state index contributed by atoms with van der Waals surface area (Å²) in [6.45, 7) is 3.22. The summed E-state index contributed by atoms with van der Waals surface area (Å²) in [5.41, 5.74) is 1.75. The van der Waals surface area contributed by atoms with Crippen LogP contribution in [-0.2, 0) is 33.7 Å². The van der Waals surface area contributed by atoms with E-state index in [9.17, 15) is 19.2 Å². The third-order valence-corrected chi connectivity index (χ3v) is 8.86. The Kier molecular flexibility index (Phi) is 9.37. The van der Waals surface area contributed by atoms with E-state index >= 15 is 0 Å². The summed E-state index contributed by atoms with van der Waals surface area (Å²) in [6.07, 6.45) is 3.95. The monoisotopic (exact) mass is 608 g/mol. The number of rotatable bonds is 8. The van der Waals surface area contributed by atoms with Crippen LogP contribution in [0.25, 0.3) is 11.1 Å². The van der Waals surface area contributed by atoms with Crippen LogP contribution >= 0.6 is 11.6 Å². The first kappa shape index (κ1) is 30.6. The fraction of sp³-hybridized carbons (Fsp3) is 0.438. The van der Waals surface area contributed by atoms with E-state index in [1.165, 1.54) is 30.5 Å². The van der Waals surface area contributed by atoms with Gasteiger partial charge in [-0.05, 0) is 43.4 Å². The summed E-state index contributed by atoms with van der Waals surface area (Å²) >= 11 is 6.56. The maximum Gasteiger partial charge on any atom is 0.331 e. The van der Waals surface area contributed by atoms with Crippen LogP contribution in [0.1, 0.15) is 36.9 Å². The topological polar surface area (TPSA) is 103 Å². The number of piperidine rings is 1. The van der Waals surface area contributed by atoms with Gasteiger partial charge >= 0.3 is 5.69 Å². The molecular formula is C32H37ClN4O6. The van der Waals surface area contributed by atoms with Gasteiger partial charge in [0, 0.05) is 44.5 Å². The molecule has 2 aromatic carbocycles. The van der Waals surface area contributed by atoms with Crippen LogP contribution in [-0.4, -0.2) is 77.3 Å². The minimum absolute atomic E-state index is 0.0622. The Labute approximate surface area is 255 Å². The number of hydrogen-bond donors (Lipinski definition) is 0. The predicted molar refractivity (Wildman–Crippen MR) is 164 cm³/mol. The summed E-state index contributed by atoms with van der Waals surface area (Å²) in [5, 5.41) is 0.234. The number of benzene rings is 2. The lowest BCUT2D eigenvalue weighted by molar-refractivity contribution is -0.136. The van der Waals surface area contributed by atoms with Gasteiger partial charge in [-0.2, -0.15) is 0 Å². The highest BCUT2D eigenvalue weighted by Crippen LogP contribution is 2.33. The van der Waals surface area contributed by atoms with Crippen LogP contribution in [0.15, 0.2) is 58.3 Å².